The molecule has 0 radical (unpaired) electrons. The summed E-state index contributed by atoms with van der Waals surface area (Å²) in [5.41, 5.74) is 1.70. The molecule has 4 saturated heterocycles. The second-order valence-corrected chi connectivity index (χ2v) is 10.2. The fourth-order valence-corrected chi connectivity index (χ4v) is 7.22. The molecule has 7 rings (SSSR count). The number of nitrogens with one attached hydrogen (secondary N) is 1. The van der Waals surface area contributed by atoms with Crippen molar-refractivity contribution in [2.45, 2.75) is 56.0 Å². The van der Waals surface area contributed by atoms with Crippen molar-refractivity contribution in [2.75, 3.05) is 26.3 Å². The second-order valence-electron chi connectivity index (χ2n) is 9.14. The summed E-state index contributed by atoms with van der Waals surface area (Å²) in [4.78, 5) is 16.8. The van der Waals surface area contributed by atoms with Crippen molar-refractivity contribution in [1.82, 2.24) is 10.2 Å². The van der Waals surface area contributed by atoms with Crippen LogP contribution in [0.25, 0.3) is 10.1 Å². The number of piperidine rings is 3. The topological polar surface area (TPSA) is 41.6 Å². The number of thiophene rings is 1. The quantitative estimate of drug-likeness (QED) is 0.847. The van der Waals surface area contributed by atoms with Gasteiger partial charge in [0.05, 0.1) is 10.9 Å². The van der Waals surface area contributed by atoms with Crippen LogP contribution in [0.1, 0.15) is 59.7 Å². The predicted molar refractivity (Wildman–Crippen MR) is 112 cm³/mol. The number of fused-ring (bicyclic) bond motifs is 3. The SMILES string of the molecule is O=C(N[C@@H]1C2CCN(CC2)C12CC2)c1cc2cccc(C3CCOCC3)c2s1. The van der Waals surface area contributed by atoms with Crippen LogP contribution in [0.15, 0.2) is 24.3 Å². The normalized spacial score (nSPS) is 31.4. The van der Waals surface area contributed by atoms with Gasteiger partial charge in [-0.2, -0.15) is 0 Å². The van der Waals surface area contributed by atoms with Crippen LogP contribution >= 0.6 is 11.3 Å². The first-order valence-electron chi connectivity index (χ1n) is 10.9. The first kappa shape index (κ1) is 17.4. The van der Waals surface area contributed by atoms with Crippen LogP contribution in [0.4, 0.5) is 0 Å². The molecule has 1 atom stereocenters. The average molecular weight is 397 g/mol. The molecule has 1 amide bonds. The molecular weight excluding hydrogens is 368 g/mol. The van der Waals surface area contributed by atoms with Crippen molar-refractivity contribution >= 4 is 27.3 Å². The van der Waals surface area contributed by atoms with Crippen molar-refractivity contribution in [2.24, 2.45) is 5.92 Å². The molecule has 1 aliphatic carbocycles. The Morgan fingerprint density at radius 2 is 1.93 bits per heavy atom. The molecule has 5 fully saturated rings. The van der Waals surface area contributed by atoms with Crippen LogP contribution in [0, 0.1) is 5.92 Å². The number of amides is 1. The number of carbonyl (C=O) groups excluding carboxylic acids is 1. The standard InChI is InChI=1S/C23H28N2O2S/c26-22(24-21-16-4-10-25(11-5-16)23(21)8-9-23)19-14-17-2-1-3-18(20(17)28-19)15-6-12-27-13-7-15/h1-3,14-16,21H,4-13H2,(H,24,26)/t21-/m1/s1. The Labute approximate surface area is 170 Å². The summed E-state index contributed by atoms with van der Waals surface area (Å²) >= 11 is 1.69. The lowest BCUT2D eigenvalue weighted by Gasteiger charge is -2.52. The van der Waals surface area contributed by atoms with Gasteiger partial charge in [-0.15, -0.1) is 11.3 Å². The Morgan fingerprint density at radius 1 is 1.14 bits per heavy atom. The zero-order valence-electron chi connectivity index (χ0n) is 16.3. The smallest absolute Gasteiger partial charge is 0.261 e. The molecule has 5 heteroatoms. The largest absolute Gasteiger partial charge is 0.381 e. The van der Waals surface area contributed by atoms with Gasteiger partial charge >= 0.3 is 0 Å². The molecule has 4 aliphatic heterocycles. The van der Waals surface area contributed by atoms with E-state index in [1.54, 1.807) is 11.3 Å². The van der Waals surface area contributed by atoms with Crippen LogP contribution in [0.5, 0.6) is 0 Å². The van der Waals surface area contributed by atoms with E-state index in [-0.39, 0.29) is 5.91 Å². The highest BCUT2D eigenvalue weighted by Gasteiger charge is 2.60. The highest BCUT2D eigenvalue weighted by Crippen LogP contribution is 2.53. The fraction of sp³-hybridized carbons (Fsp3) is 0.609. The van der Waals surface area contributed by atoms with Gasteiger partial charge in [-0.05, 0) is 80.5 Å². The van der Waals surface area contributed by atoms with E-state index in [9.17, 15) is 4.79 Å². The summed E-state index contributed by atoms with van der Waals surface area (Å²) < 4.78 is 6.85. The van der Waals surface area contributed by atoms with Gasteiger partial charge in [0, 0.05) is 23.5 Å². The maximum atomic E-state index is 13.2. The van der Waals surface area contributed by atoms with Crippen LogP contribution < -0.4 is 5.32 Å². The minimum atomic E-state index is 0.143. The van der Waals surface area contributed by atoms with Crippen molar-refractivity contribution < 1.29 is 9.53 Å². The van der Waals surface area contributed by atoms with Crippen molar-refractivity contribution in [3.63, 3.8) is 0 Å². The molecule has 2 bridgehead atoms. The zero-order valence-corrected chi connectivity index (χ0v) is 17.1. The number of hydrogen-bond acceptors (Lipinski definition) is 4. The Morgan fingerprint density at radius 3 is 2.68 bits per heavy atom. The minimum absolute atomic E-state index is 0.143. The molecule has 5 heterocycles. The van der Waals surface area contributed by atoms with Gasteiger partial charge in [-0.25, -0.2) is 0 Å². The second kappa shape index (κ2) is 6.54. The summed E-state index contributed by atoms with van der Waals surface area (Å²) in [5.74, 6) is 1.37. The molecular formula is C23H28N2O2S. The summed E-state index contributed by atoms with van der Waals surface area (Å²) in [7, 11) is 0. The molecule has 1 aromatic carbocycles. The summed E-state index contributed by atoms with van der Waals surface area (Å²) in [6, 6.07) is 9.01. The fourth-order valence-electron chi connectivity index (χ4n) is 6.06. The lowest BCUT2D eigenvalue weighted by Crippen LogP contribution is -2.65. The number of hydrogen-bond donors (Lipinski definition) is 1. The molecule has 2 aromatic rings. The third-order valence-corrected chi connectivity index (χ3v) is 8.93. The van der Waals surface area contributed by atoms with Crippen LogP contribution in [-0.4, -0.2) is 48.7 Å². The minimum Gasteiger partial charge on any atom is -0.381 e. The molecule has 1 aromatic heterocycles. The molecule has 5 aliphatic rings. The van der Waals surface area contributed by atoms with Gasteiger partial charge in [0.2, 0.25) is 0 Å². The highest BCUT2D eigenvalue weighted by molar-refractivity contribution is 7.21. The van der Waals surface area contributed by atoms with E-state index in [1.165, 1.54) is 54.4 Å². The van der Waals surface area contributed by atoms with Gasteiger partial charge in [0.25, 0.3) is 5.91 Å². The summed E-state index contributed by atoms with van der Waals surface area (Å²) in [6.45, 7) is 4.16. The molecule has 4 nitrogen and oxygen atoms in total. The maximum Gasteiger partial charge on any atom is 0.261 e. The molecule has 0 unspecified atom stereocenters. The van der Waals surface area contributed by atoms with E-state index in [2.05, 4.69) is 34.5 Å². The third-order valence-electron chi connectivity index (χ3n) is 7.73. The van der Waals surface area contributed by atoms with E-state index in [1.807, 2.05) is 0 Å². The van der Waals surface area contributed by atoms with E-state index in [0.717, 1.165) is 30.9 Å². The van der Waals surface area contributed by atoms with E-state index >= 15 is 0 Å². The lowest BCUT2D eigenvalue weighted by molar-refractivity contribution is -0.00138. The van der Waals surface area contributed by atoms with Crippen molar-refractivity contribution in [1.29, 1.82) is 0 Å². The van der Waals surface area contributed by atoms with E-state index < -0.39 is 0 Å². The van der Waals surface area contributed by atoms with Crippen molar-refractivity contribution in [3.05, 3.63) is 34.7 Å². The molecule has 1 N–H and O–H groups in total. The van der Waals surface area contributed by atoms with Crippen LogP contribution in [0.2, 0.25) is 0 Å². The van der Waals surface area contributed by atoms with E-state index in [0.29, 0.717) is 23.4 Å². The molecule has 148 valence electrons. The number of carbonyl (C=O) groups is 1. The molecule has 1 saturated carbocycles. The van der Waals surface area contributed by atoms with Gasteiger partial charge in [-0.3, -0.25) is 9.69 Å². The number of rotatable bonds is 3. The maximum absolute atomic E-state index is 13.2. The first-order chi connectivity index (χ1) is 13.7. The average Bonchev–Trinajstić information content (AvgIpc) is 3.39. The van der Waals surface area contributed by atoms with Gasteiger partial charge in [0.15, 0.2) is 0 Å². The van der Waals surface area contributed by atoms with Crippen molar-refractivity contribution in [3.8, 4) is 0 Å². The number of nitrogens with zero attached hydrogens (tertiary/aromatic N) is 1. The van der Waals surface area contributed by atoms with E-state index in [4.69, 9.17) is 4.74 Å². The van der Waals surface area contributed by atoms with Crippen LogP contribution in [0.3, 0.4) is 0 Å². The summed E-state index contributed by atoms with van der Waals surface area (Å²) in [6.07, 6.45) is 7.17. The molecule has 1 spiro atoms. The predicted octanol–water partition coefficient (Wildman–Crippen LogP) is 4.15. The van der Waals surface area contributed by atoms with Gasteiger partial charge in [-0.1, -0.05) is 18.2 Å². The first-order valence-corrected chi connectivity index (χ1v) is 11.7. The zero-order chi connectivity index (χ0) is 18.7. The molecule has 28 heavy (non-hydrogen) atoms. The Hall–Kier alpha value is -1.43. The highest BCUT2D eigenvalue weighted by atomic mass is 32.1. The lowest BCUT2D eigenvalue weighted by atomic mass is 9.77. The van der Waals surface area contributed by atoms with Crippen LogP contribution in [-0.2, 0) is 4.74 Å². The Bertz CT molecular complexity index is 904. The Balaban J connectivity index is 1.28. The number of benzene rings is 1. The van der Waals surface area contributed by atoms with Gasteiger partial charge < -0.3 is 10.1 Å². The third kappa shape index (κ3) is 2.66. The number of ether oxygens (including phenoxy) is 1. The Kier molecular flexibility index (Phi) is 4.07. The summed E-state index contributed by atoms with van der Waals surface area (Å²) in [5, 5.41) is 4.71. The van der Waals surface area contributed by atoms with Gasteiger partial charge in [0.1, 0.15) is 0 Å². The monoisotopic (exact) mass is 396 g/mol.